The predicted molar refractivity (Wildman–Crippen MR) is 108 cm³/mol. The SMILES string of the molecule is COc1ccccc1C(C)NC(=O)CSc1nc(-c2ccccc2)cs1. The van der Waals surface area contributed by atoms with Crippen LogP contribution >= 0.6 is 23.1 Å². The van der Waals surface area contributed by atoms with E-state index in [1.807, 2.05) is 66.9 Å². The highest BCUT2D eigenvalue weighted by atomic mass is 32.2. The molecule has 0 fully saturated rings. The van der Waals surface area contributed by atoms with Crippen LogP contribution in [0.25, 0.3) is 11.3 Å². The Morgan fingerprint density at radius 2 is 1.92 bits per heavy atom. The Bertz CT molecular complexity index is 865. The van der Waals surface area contributed by atoms with Crippen molar-refractivity contribution in [1.82, 2.24) is 10.3 Å². The van der Waals surface area contributed by atoms with Gasteiger partial charge in [0.15, 0.2) is 4.34 Å². The van der Waals surface area contributed by atoms with Gasteiger partial charge in [0, 0.05) is 16.5 Å². The summed E-state index contributed by atoms with van der Waals surface area (Å²) < 4.78 is 6.25. The maximum Gasteiger partial charge on any atom is 0.230 e. The lowest BCUT2D eigenvalue weighted by Crippen LogP contribution is -2.28. The van der Waals surface area contributed by atoms with Crippen LogP contribution in [0.5, 0.6) is 5.75 Å². The number of rotatable bonds is 7. The Morgan fingerprint density at radius 1 is 1.19 bits per heavy atom. The molecule has 1 amide bonds. The first-order chi connectivity index (χ1) is 12.7. The lowest BCUT2D eigenvalue weighted by atomic mass is 10.1. The van der Waals surface area contributed by atoms with Crippen molar-refractivity contribution in [1.29, 1.82) is 0 Å². The lowest BCUT2D eigenvalue weighted by molar-refractivity contribution is -0.119. The number of aromatic nitrogens is 1. The number of thiazole rings is 1. The average molecular weight is 385 g/mol. The normalized spacial score (nSPS) is 11.8. The molecule has 2 aromatic carbocycles. The largest absolute Gasteiger partial charge is 0.496 e. The number of carbonyl (C=O) groups is 1. The van der Waals surface area contributed by atoms with Crippen LogP contribution in [-0.2, 0) is 4.79 Å². The highest BCUT2D eigenvalue weighted by Gasteiger charge is 2.14. The predicted octanol–water partition coefficient (Wildman–Crippen LogP) is 4.79. The zero-order chi connectivity index (χ0) is 18.4. The number of nitrogens with zero attached hydrogens (tertiary/aromatic N) is 1. The number of para-hydroxylation sites is 1. The van der Waals surface area contributed by atoms with Crippen LogP contribution in [0, 0.1) is 0 Å². The number of carbonyl (C=O) groups excluding carboxylic acids is 1. The molecule has 0 saturated carbocycles. The van der Waals surface area contributed by atoms with Gasteiger partial charge in [-0.1, -0.05) is 60.3 Å². The summed E-state index contributed by atoms with van der Waals surface area (Å²) in [6, 6.07) is 17.6. The van der Waals surface area contributed by atoms with Crippen LogP contribution in [0.1, 0.15) is 18.5 Å². The quantitative estimate of drug-likeness (QED) is 0.595. The molecule has 1 unspecified atom stereocenters. The maximum atomic E-state index is 12.3. The summed E-state index contributed by atoms with van der Waals surface area (Å²) in [4.78, 5) is 16.9. The third-order valence-corrected chi connectivity index (χ3v) is 5.88. The first-order valence-corrected chi connectivity index (χ1v) is 10.1. The van der Waals surface area contributed by atoms with E-state index >= 15 is 0 Å². The number of amides is 1. The fraction of sp³-hybridized carbons (Fsp3) is 0.200. The number of hydrogen-bond acceptors (Lipinski definition) is 5. The standard InChI is InChI=1S/C20H20N2O2S2/c1-14(16-10-6-7-11-18(16)24-2)21-19(23)13-26-20-22-17(12-25-20)15-8-4-3-5-9-15/h3-12,14H,13H2,1-2H3,(H,21,23). The van der Waals surface area contributed by atoms with Gasteiger partial charge in [-0.15, -0.1) is 11.3 Å². The first kappa shape index (κ1) is 18.5. The van der Waals surface area contributed by atoms with Gasteiger partial charge in [-0.2, -0.15) is 0 Å². The summed E-state index contributed by atoms with van der Waals surface area (Å²) >= 11 is 3.01. The molecule has 3 rings (SSSR count). The van der Waals surface area contributed by atoms with E-state index in [0.717, 1.165) is 26.9 Å². The number of methoxy groups -OCH3 is 1. The van der Waals surface area contributed by atoms with E-state index in [9.17, 15) is 4.79 Å². The van der Waals surface area contributed by atoms with Gasteiger partial charge in [-0.25, -0.2) is 4.98 Å². The van der Waals surface area contributed by atoms with Gasteiger partial charge in [0.05, 0.1) is 24.6 Å². The second-order valence-electron chi connectivity index (χ2n) is 5.68. The molecular formula is C20H20N2O2S2. The van der Waals surface area contributed by atoms with Crippen molar-refractivity contribution in [2.45, 2.75) is 17.3 Å². The molecule has 0 aliphatic carbocycles. The van der Waals surface area contributed by atoms with E-state index in [0.29, 0.717) is 5.75 Å². The van der Waals surface area contributed by atoms with Crippen LogP contribution < -0.4 is 10.1 Å². The van der Waals surface area contributed by atoms with Gasteiger partial charge in [-0.05, 0) is 13.0 Å². The molecule has 0 aliphatic rings. The summed E-state index contributed by atoms with van der Waals surface area (Å²) in [5.41, 5.74) is 3.00. The molecule has 0 bridgehead atoms. The molecule has 26 heavy (non-hydrogen) atoms. The van der Waals surface area contributed by atoms with E-state index in [4.69, 9.17) is 4.74 Å². The maximum absolute atomic E-state index is 12.3. The van der Waals surface area contributed by atoms with Crippen LogP contribution in [0.2, 0.25) is 0 Å². The van der Waals surface area contributed by atoms with E-state index < -0.39 is 0 Å². The number of ether oxygens (including phenoxy) is 1. The lowest BCUT2D eigenvalue weighted by Gasteiger charge is -2.16. The monoisotopic (exact) mass is 384 g/mol. The van der Waals surface area contributed by atoms with Gasteiger partial charge in [0.1, 0.15) is 5.75 Å². The van der Waals surface area contributed by atoms with Gasteiger partial charge in [0.25, 0.3) is 0 Å². The number of thioether (sulfide) groups is 1. The van der Waals surface area contributed by atoms with Crippen molar-refractivity contribution in [3.63, 3.8) is 0 Å². The molecule has 4 nitrogen and oxygen atoms in total. The minimum atomic E-state index is -0.115. The number of benzene rings is 2. The Balaban J connectivity index is 1.55. The van der Waals surface area contributed by atoms with Gasteiger partial charge < -0.3 is 10.1 Å². The number of nitrogens with one attached hydrogen (secondary N) is 1. The van der Waals surface area contributed by atoms with E-state index in [2.05, 4.69) is 10.3 Å². The van der Waals surface area contributed by atoms with Crippen LogP contribution in [0.4, 0.5) is 0 Å². The molecule has 6 heteroatoms. The summed E-state index contributed by atoms with van der Waals surface area (Å²) in [7, 11) is 1.63. The molecule has 1 atom stereocenters. The third-order valence-electron chi connectivity index (χ3n) is 3.86. The van der Waals surface area contributed by atoms with Gasteiger partial charge in [0.2, 0.25) is 5.91 Å². The zero-order valence-electron chi connectivity index (χ0n) is 14.6. The van der Waals surface area contributed by atoms with Crippen LogP contribution in [0.15, 0.2) is 64.3 Å². The topological polar surface area (TPSA) is 51.2 Å². The van der Waals surface area contributed by atoms with E-state index in [-0.39, 0.29) is 11.9 Å². The smallest absolute Gasteiger partial charge is 0.230 e. The Labute approximate surface area is 161 Å². The second kappa shape index (κ2) is 8.87. The molecule has 0 radical (unpaired) electrons. The van der Waals surface area contributed by atoms with Crippen molar-refractivity contribution in [3.05, 3.63) is 65.5 Å². The van der Waals surface area contributed by atoms with Crippen molar-refractivity contribution < 1.29 is 9.53 Å². The highest BCUT2D eigenvalue weighted by molar-refractivity contribution is 8.01. The molecule has 3 aromatic rings. The molecular weight excluding hydrogens is 364 g/mol. The van der Waals surface area contributed by atoms with Crippen molar-refractivity contribution in [2.75, 3.05) is 12.9 Å². The Morgan fingerprint density at radius 3 is 2.69 bits per heavy atom. The van der Waals surface area contributed by atoms with E-state index in [1.54, 1.807) is 18.4 Å². The Kier molecular flexibility index (Phi) is 6.30. The summed E-state index contributed by atoms with van der Waals surface area (Å²) in [5.74, 6) is 1.09. The van der Waals surface area contributed by atoms with Crippen molar-refractivity contribution >= 4 is 29.0 Å². The molecule has 1 heterocycles. The highest BCUT2D eigenvalue weighted by Crippen LogP contribution is 2.28. The third kappa shape index (κ3) is 4.65. The minimum absolute atomic E-state index is 0.0233. The van der Waals surface area contributed by atoms with Crippen molar-refractivity contribution in [2.24, 2.45) is 0 Å². The number of hydrogen-bond donors (Lipinski definition) is 1. The molecule has 1 N–H and O–H groups in total. The fourth-order valence-electron chi connectivity index (χ4n) is 2.58. The van der Waals surface area contributed by atoms with Gasteiger partial charge in [-0.3, -0.25) is 4.79 Å². The minimum Gasteiger partial charge on any atom is -0.496 e. The van der Waals surface area contributed by atoms with Crippen molar-refractivity contribution in [3.8, 4) is 17.0 Å². The first-order valence-electron chi connectivity index (χ1n) is 8.23. The van der Waals surface area contributed by atoms with Crippen LogP contribution in [-0.4, -0.2) is 23.8 Å². The zero-order valence-corrected chi connectivity index (χ0v) is 16.3. The summed E-state index contributed by atoms with van der Waals surface area (Å²) in [6.45, 7) is 1.96. The Hall–Kier alpha value is -2.31. The summed E-state index contributed by atoms with van der Waals surface area (Å²) in [5, 5.41) is 5.04. The average Bonchev–Trinajstić information content (AvgIpc) is 3.16. The van der Waals surface area contributed by atoms with E-state index in [1.165, 1.54) is 11.8 Å². The summed E-state index contributed by atoms with van der Waals surface area (Å²) in [6.07, 6.45) is 0. The molecule has 0 aliphatic heterocycles. The molecule has 1 aromatic heterocycles. The molecule has 0 spiro atoms. The fourth-order valence-corrected chi connectivity index (χ4v) is 4.22. The van der Waals surface area contributed by atoms with Crippen LogP contribution in [0.3, 0.4) is 0 Å². The van der Waals surface area contributed by atoms with Gasteiger partial charge >= 0.3 is 0 Å². The second-order valence-corrected chi connectivity index (χ2v) is 7.77. The molecule has 134 valence electrons. The molecule has 0 saturated heterocycles.